The van der Waals surface area contributed by atoms with Crippen LogP contribution in [-0.4, -0.2) is 66.7 Å². The number of fused-ring (bicyclic) bond motifs is 3. The quantitative estimate of drug-likeness (QED) is 0.378. The van der Waals surface area contributed by atoms with Gasteiger partial charge >= 0.3 is 5.97 Å². The Hall–Kier alpha value is -2.06. The maximum Gasteiger partial charge on any atom is 0.327 e. The average molecular weight is 447 g/mol. The lowest BCUT2D eigenvalue weighted by atomic mass is 9.75. The third kappa shape index (κ3) is 3.18. The van der Waals surface area contributed by atoms with E-state index in [1.54, 1.807) is 18.9 Å². The van der Waals surface area contributed by atoms with Gasteiger partial charge in [-0.2, -0.15) is 0 Å². The van der Waals surface area contributed by atoms with Gasteiger partial charge in [-0.25, -0.2) is 0 Å². The fourth-order valence-corrected chi connectivity index (χ4v) is 6.57. The predicted octanol–water partition coefficient (Wildman–Crippen LogP) is 2.88. The summed E-state index contributed by atoms with van der Waals surface area (Å²) >= 11 is 1.73. The molecule has 3 aliphatic heterocycles. The minimum absolute atomic E-state index is 0.221. The van der Waals surface area contributed by atoms with Gasteiger partial charge in [-0.15, -0.1) is 11.8 Å². The van der Waals surface area contributed by atoms with Crippen LogP contribution in [0.15, 0.2) is 23.1 Å². The molecule has 1 aromatic rings. The molecule has 3 fully saturated rings. The smallest absolute Gasteiger partial charge is 0.327 e. The Labute approximate surface area is 187 Å². The number of nitrogens with zero attached hydrogens (tertiary/aromatic N) is 2. The second-order valence-electron chi connectivity index (χ2n) is 8.51. The topological polar surface area (TPSA) is 76.2 Å². The standard InChI is InChI=1S/C23H30N2O5S/c1-5-12-31-16-9-8-14(13-15(16)29-3)19-17-18(21(27)24(2)20(17)26)23(22(28)30-4)10-6-7-11-25(19)23/h8-9,13,17-19H,5-7,10-12H2,1-4H3/t17-,18-,19-,23+/m1/s1. The summed E-state index contributed by atoms with van der Waals surface area (Å²) in [6.07, 6.45) is 3.31. The molecule has 0 bridgehead atoms. The minimum Gasteiger partial charge on any atom is -0.496 e. The molecule has 168 valence electrons. The normalized spacial score (nSPS) is 30.3. The minimum atomic E-state index is -1.09. The van der Waals surface area contributed by atoms with Crippen LogP contribution in [-0.2, 0) is 19.1 Å². The fourth-order valence-electron chi connectivity index (χ4n) is 5.70. The summed E-state index contributed by atoms with van der Waals surface area (Å²) in [4.78, 5) is 43.9. The van der Waals surface area contributed by atoms with Crippen LogP contribution in [0.4, 0.5) is 0 Å². The van der Waals surface area contributed by atoms with Gasteiger partial charge in [0.2, 0.25) is 11.8 Å². The lowest BCUT2D eigenvalue weighted by Gasteiger charge is -2.44. The highest BCUT2D eigenvalue weighted by molar-refractivity contribution is 7.99. The SMILES string of the molecule is CCCSc1ccc([C@@H]2[C@@H]3C(=O)N(C)C(=O)[C@@H]3[C@]3(C(=O)OC)CCCCN23)cc1OC. The molecule has 8 heteroatoms. The molecule has 0 N–H and O–H groups in total. The van der Waals surface area contributed by atoms with E-state index in [0.29, 0.717) is 13.0 Å². The van der Waals surface area contributed by atoms with E-state index >= 15 is 0 Å². The first-order valence-corrected chi connectivity index (χ1v) is 11.9. The summed E-state index contributed by atoms with van der Waals surface area (Å²) < 4.78 is 10.9. The second kappa shape index (κ2) is 8.47. The summed E-state index contributed by atoms with van der Waals surface area (Å²) in [6.45, 7) is 2.78. The number of thioether (sulfide) groups is 1. The zero-order valence-electron chi connectivity index (χ0n) is 18.6. The number of esters is 1. The summed E-state index contributed by atoms with van der Waals surface area (Å²) in [5, 5.41) is 0. The molecular weight excluding hydrogens is 416 g/mol. The van der Waals surface area contributed by atoms with Crippen LogP contribution in [0.1, 0.15) is 44.2 Å². The van der Waals surface area contributed by atoms with Crippen LogP contribution in [0, 0.1) is 11.8 Å². The van der Waals surface area contributed by atoms with Crippen molar-refractivity contribution in [3.63, 3.8) is 0 Å². The van der Waals surface area contributed by atoms with E-state index in [1.165, 1.54) is 19.1 Å². The Morgan fingerprint density at radius 2 is 2.00 bits per heavy atom. The van der Waals surface area contributed by atoms with Crippen molar-refractivity contribution in [1.82, 2.24) is 9.80 Å². The summed E-state index contributed by atoms with van der Waals surface area (Å²) in [5.74, 6) is -0.498. The summed E-state index contributed by atoms with van der Waals surface area (Å²) in [6, 6.07) is 5.64. The van der Waals surface area contributed by atoms with Crippen LogP contribution in [0.3, 0.4) is 0 Å². The molecule has 0 radical (unpaired) electrons. The van der Waals surface area contributed by atoms with Crippen LogP contribution < -0.4 is 4.74 Å². The molecule has 1 aromatic carbocycles. The first-order chi connectivity index (χ1) is 14.9. The molecule has 0 spiro atoms. The molecule has 0 aromatic heterocycles. The van der Waals surface area contributed by atoms with E-state index in [9.17, 15) is 14.4 Å². The van der Waals surface area contributed by atoms with Gasteiger partial charge in [-0.3, -0.25) is 24.2 Å². The number of ether oxygens (including phenoxy) is 2. The van der Waals surface area contributed by atoms with Crippen LogP contribution in [0.2, 0.25) is 0 Å². The highest BCUT2D eigenvalue weighted by atomic mass is 32.2. The van der Waals surface area contributed by atoms with Gasteiger partial charge in [-0.1, -0.05) is 13.0 Å². The van der Waals surface area contributed by atoms with E-state index in [-0.39, 0.29) is 17.9 Å². The van der Waals surface area contributed by atoms with Crippen molar-refractivity contribution in [3.05, 3.63) is 23.8 Å². The van der Waals surface area contributed by atoms with Crippen molar-refractivity contribution in [1.29, 1.82) is 0 Å². The first-order valence-electron chi connectivity index (χ1n) is 10.9. The van der Waals surface area contributed by atoms with E-state index < -0.39 is 23.3 Å². The van der Waals surface area contributed by atoms with Gasteiger partial charge in [0, 0.05) is 18.0 Å². The van der Waals surface area contributed by atoms with Gasteiger partial charge in [0.15, 0.2) is 0 Å². The molecule has 3 saturated heterocycles. The van der Waals surface area contributed by atoms with Crippen molar-refractivity contribution >= 4 is 29.5 Å². The summed E-state index contributed by atoms with van der Waals surface area (Å²) in [7, 11) is 4.52. The predicted molar refractivity (Wildman–Crippen MR) is 117 cm³/mol. The van der Waals surface area contributed by atoms with Crippen LogP contribution >= 0.6 is 11.8 Å². The molecule has 3 aliphatic rings. The maximum atomic E-state index is 13.2. The van der Waals surface area contributed by atoms with Crippen molar-refractivity contribution in [3.8, 4) is 5.75 Å². The van der Waals surface area contributed by atoms with Crippen molar-refractivity contribution in [2.45, 2.75) is 49.1 Å². The zero-order valence-corrected chi connectivity index (χ0v) is 19.4. The number of benzene rings is 1. The molecule has 0 aliphatic carbocycles. The largest absolute Gasteiger partial charge is 0.496 e. The monoisotopic (exact) mass is 446 g/mol. The number of methoxy groups -OCH3 is 2. The third-order valence-electron chi connectivity index (χ3n) is 7.01. The Bertz CT molecular complexity index is 906. The number of amides is 2. The van der Waals surface area contributed by atoms with Crippen LogP contribution in [0.25, 0.3) is 0 Å². The number of hydrogen-bond acceptors (Lipinski definition) is 7. The van der Waals surface area contributed by atoms with E-state index in [2.05, 4.69) is 11.8 Å². The number of carbonyl (C=O) groups excluding carboxylic acids is 3. The zero-order chi connectivity index (χ0) is 22.3. The number of imide groups is 1. The molecule has 0 unspecified atom stereocenters. The Balaban J connectivity index is 1.84. The number of likely N-dealkylation sites (tertiary alicyclic amines) is 1. The number of carbonyl (C=O) groups is 3. The average Bonchev–Trinajstić information content (AvgIpc) is 3.23. The van der Waals surface area contributed by atoms with Gasteiger partial charge in [0.1, 0.15) is 11.3 Å². The van der Waals surface area contributed by atoms with Gasteiger partial charge in [0.05, 0.1) is 26.1 Å². The van der Waals surface area contributed by atoms with Crippen molar-refractivity contribution < 1.29 is 23.9 Å². The molecule has 7 nitrogen and oxygen atoms in total. The lowest BCUT2D eigenvalue weighted by molar-refractivity contribution is -0.163. The fraction of sp³-hybridized carbons (Fsp3) is 0.609. The molecule has 4 atom stereocenters. The first kappa shape index (κ1) is 22.1. The van der Waals surface area contributed by atoms with E-state index in [0.717, 1.165) is 41.2 Å². The van der Waals surface area contributed by atoms with Crippen LogP contribution in [0.5, 0.6) is 5.75 Å². The highest BCUT2D eigenvalue weighted by Gasteiger charge is 2.72. The molecule has 31 heavy (non-hydrogen) atoms. The van der Waals surface area contributed by atoms with Crippen molar-refractivity contribution in [2.24, 2.45) is 11.8 Å². The van der Waals surface area contributed by atoms with E-state index in [4.69, 9.17) is 9.47 Å². The molecule has 2 amide bonds. The molecular formula is C23H30N2O5S. The van der Waals surface area contributed by atoms with Gasteiger partial charge in [-0.05, 0) is 55.7 Å². The number of hydrogen-bond donors (Lipinski definition) is 0. The summed E-state index contributed by atoms with van der Waals surface area (Å²) in [5.41, 5.74) is -0.195. The molecule has 4 rings (SSSR count). The van der Waals surface area contributed by atoms with E-state index in [1.807, 2.05) is 18.2 Å². The third-order valence-corrected chi connectivity index (χ3v) is 8.27. The van der Waals surface area contributed by atoms with Gasteiger partial charge < -0.3 is 9.47 Å². The second-order valence-corrected chi connectivity index (χ2v) is 9.65. The Morgan fingerprint density at radius 1 is 1.23 bits per heavy atom. The number of piperidine rings is 1. The Morgan fingerprint density at radius 3 is 2.68 bits per heavy atom. The number of rotatable bonds is 6. The van der Waals surface area contributed by atoms with Gasteiger partial charge in [0.25, 0.3) is 0 Å². The Kier molecular flexibility index (Phi) is 6.05. The molecule has 0 saturated carbocycles. The lowest BCUT2D eigenvalue weighted by Crippen LogP contribution is -2.59. The molecule has 3 heterocycles. The van der Waals surface area contributed by atoms with Crippen molar-refractivity contribution in [2.75, 3.05) is 33.6 Å². The maximum absolute atomic E-state index is 13.2. The highest BCUT2D eigenvalue weighted by Crippen LogP contribution is 2.58.